The fraction of sp³-hybridized carbons (Fsp3) is 1.00. The Kier molecular flexibility index (Phi) is 3.78. The molecule has 0 fully saturated rings. The lowest BCUT2D eigenvalue weighted by Gasteiger charge is -2.21. The third kappa shape index (κ3) is 3.55. The monoisotopic (exact) mass is 173 g/mol. The number of nitrogens with zero attached hydrogens (tertiary/aromatic N) is 1. The zero-order valence-electron chi connectivity index (χ0n) is 6.45. The van der Waals surface area contributed by atoms with Crippen molar-refractivity contribution in [1.82, 2.24) is 4.90 Å². The maximum atomic E-state index is 12.2. The molecule has 1 nitrogen and oxygen atoms in total. The molecule has 0 aliphatic carbocycles. The summed E-state index contributed by atoms with van der Waals surface area (Å²) < 4.78 is 47.4. The van der Waals surface area contributed by atoms with Crippen LogP contribution in [0.15, 0.2) is 0 Å². The van der Waals surface area contributed by atoms with E-state index in [2.05, 4.69) is 0 Å². The summed E-state index contributed by atoms with van der Waals surface area (Å²) in [6, 6.07) is 0. The third-order valence-corrected chi connectivity index (χ3v) is 1.34. The Morgan fingerprint density at radius 3 is 2.09 bits per heavy atom. The van der Waals surface area contributed by atoms with Gasteiger partial charge < -0.3 is 4.90 Å². The normalized spacial score (nSPS) is 13.1. The average molecular weight is 173 g/mol. The largest absolute Gasteiger partial charge is 0.319 e. The van der Waals surface area contributed by atoms with Gasteiger partial charge in [-0.15, -0.1) is 0 Å². The first-order chi connectivity index (χ1) is 4.90. The van der Waals surface area contributed by atoms with Gasteiger partial charge in [0, 0.05) is 0 Å². The number of hydrogen-bond donors (Lipinski definition) is 0. The van der Waals surface area contributed by atoms with Crippen molar-refractivity contribution in [2.75, 3.05) is 20.1 Å². The maximum Gasteiger partial charge on any atom is 0.319 e. The molecule has 0 spiro atoms. The SMILES string of the molecule is CCN(C)CC(F)(F)C(F)F. The van der Waals surface area contributed by atoms with Crippen LogP contribution in [0, 0.1) is 0 Å². The van der Waals surface area contributed by atoms with Crippen LogP contribution in [0.1, 0.15) is 6.92 Å². The highest BCUT2D eigenvalue weighted by molar-refractivity contribution is 4.72. The van der Waals surface area contributed by atoms with Crippen molar-refractivity contribution in [3.05, 3.63) is 0 Å². The molecule has 0 bridgehead atoms. The average Bonchev–Trinajstić information content (AvgIpc) is 1.86. The smallest absolute Gasteiger partial charge is 0.301 e. The van der Waals surface area contributed by atoms with Gasteiger partial charge in [0.05, 0.1) is 6.54 Å². The number of halogens is 4. The highest BCUT2D eigenvalue weighted by Crippen LogP contribution is 2.23. The van der Waals surface area contributed by atoms with Crippen LogP contribution in [0.5, 0.6) is 0 Å². The van der Waals surface area contributed by atoms with Crippen LogP contribution in [-0.2, 0) is 0 Å². The van der Waals surface area contributed by atoms with Gasteiger partial charge in [-0.3, -0.25) is 0 Å². The van der Waals surface area contributed by atoms with Gasteiger partial charge in [0.15, 0.2) is 0 Å². The summed E-state index contributed by atoms with van der Waals surface area (Å²) in [4.78, 5) is 1.14. The van der Waals surface area contributed by atoms with Gasteiger partial charge in [0.2, 0.25) is 0 Å². The topological polar surface area (TPSA) is 3.24 Å². The molecule has 0 rings (SSSR count). The second-order valence-electron chi connectivity index (χ2n) is 2.39. The highest BCUT2D eigenvalue weighted by atomic mass is 19.3. The minimum Gasteiger partial charge on any atom is -0.301 e. The molecule has 68 valence electrons. The van der Waals surface area contributed by atoms with Crippen molar-refractivity contribution in [3.63, 3.8) is 0 Å². The lowest BCUT2D eigenvalue weighted by Crippen LogP contribution is -2.39. The van der Waals surface area contributed by atoms with Crippen molar-refractivity contribution in [2.24, 2.45) is 0 Å². The van der Waals surface area contributed by atoms with Gasteiger partial charge in [0.25, 0.3) is 0 Å². The molecule has 0 saturated carbocycles. The Bertz CT molecular complexity index is 115. The summed E-state index contributed by atoms with van der Waals surface area (Å²) in [5.74, 6) is -3.88. The fourth-order valence-corrected chi connectivity index (χ4v) is 0.541. The molecule has 0 unspecified atom stereocenters. The highest BCUT2D eigenvalue weighted by Gasteiger charge is 2.41. The van der Waals surface area contributed by atoms with E-state index in [1.54, 1.807) is 6.92 Å². The molecule has 0 aromatic rings. The minimum absolute atomic E-state index is 0.336. The van der Waals surface area contributed by atoms with Crippen molar-refractivity contribution >= 4 is 0 Å². The first-order valence-corrected chi connectivity index (χ1v) is 3.24. The summed E-state index contributed by atoms with van der Waals surface area (Å²) >= 11 is 0. The van der Waals surface area contributed by atoms with Crippen LogP contribution in [0.4, 0.5) is 17.6 Å². The van der Waals surface area contributed by atoms with Crippen LogP contribution >= 0.6 is 0 Å². The summed E-state index contributed by atoms with van der Waals surface area (Å²) in [6.45, 7) is 1.07. The van der Waals surface area contributed by atoms with E-state index in [9.17, 15) is 17.6 Å². The van der Waals surface area contributed by atoms with E-state index >= 15 is 0 Å². The van der Waals surface area contributed by atoms with Gasteiger partial charge in [-0.25, -0.2) is 8.78 Å². The quantitative estimate of drug-likeness (QED) is 0.586. The standard InChI is InChI=1S/C6H11F4N/c1-3-11(2)4-6(9,10)5(7)8/h5H,3-4H2,1-2H3. The van der Waals surface area contributed by atoms with E-state index in [0.29, 0.717) is 6.54 Å². The lowest BCUT2D eigenvalue weighted by atomic mass is 10.3. The molecule has 0 atom stereocenters. The predicted molar refractivity (Wildman–Crippen MR) is 34.1 cm³/mol. The zero-order valence-corrected chi connectivity index (χ0v) is 6.45. The van der Waals surface area contributed by atoms with Crippen LogP contribution in [0.2, 0.25) is 0 Å². The summed E-state index contributed by atoms with van der Waals surface area (Å²) in [7, 11) is 1.37. The molecule has 0 aromatic carbocycles. The van der Waals surface area contributed by atoms with E-state index in [1.807, 2.05) is 0 Å². The minimum atomic E-state index is -3.88. The van der Waals surface area contributed by atoms with Gasteiger partial charge in [-0.05, 0) is 13.6 Å². The van der Waals surface area contributed by atoms with E-state index in [4.69, 9.17) is 0 Å². The van der Waals surface area contributed by atoms with Gasteiger partial charge in [-0.2, -0.15) is 8.78 Å². The molecule has 0 radical (unpaired) electrons. The van der Waals surface area contributed by atoms with Crippen molar-refractivity contribution < 1.29 is 17.6 Å². The fourth-order valence-electron chi connectivity index (χ4n) is 0.541. The van der Waals surface area contributed by atoms with Gasteiger partial charge >= 0.3 is 12.3 Å². The van der Waals surface area contributed by atoms with E-state index in [-0.39, 0.29) is 0 Å². The molecule has 0 saturated heterocycles. The Labute approximate surface area is 63.0 Å². The molecular formula is C6H11F4N. The summed E-state index contributed by atoms with van der Waals surface area (Å²) in [5.41, 5.74) is 0. The molecule has 5 heteroatoms. The van der Waals surface area contributed by atoms with E-state index in [1.165, 1.54) is 7.05 Å². The Morgan fingerprint density at radius 2 is 1.82 bits per heavy atom. The lowest BCUT2D eigenvalue weighted by molar-refractivity contribution is -0.139. The Hall–Kier alpha value is -0.320. The molecule has 0 aromatic heterocycles. The third-order valence-electron chi connectivity index (χ3n) is 1.34. The molecule has 0 amide bonds. The summed E-state index contributed by atoms with van der Waals surface area (Å²) in [6.07, 6.45) is -3.57. The van der Waals surface area contributed by atoms with Crippen LogP contribution in [0.25, 0.3) is 0 Å². The number of rotatable bonds is 4. The van der Waals surface area contributed by atoms with Crippen LogP contribution < -0.4 is 0 Å². The predicted octanol–water partition coefficient (Wildman–Crippen LogP) is 1.84. The maximum absolute atomic E-state index is 12.2. The van der Waals surface area contributed by atoms with E-state index in [0.717, 1.165) is 4.90 Å². The molecule has 0 heterocycles. The second-order valence-corrected chi connectivity index (χ2v) is 2.39. The Balaban J connectivity index is 3.90. The van der Waals surface area contributed by atoms with Gasteiger partial charge in [-0.1, -0.05) is 6.92 Å². The number of alkyl halides is 4. The molecule has 0 aliphatic rings. The Morgan fingerprint density at radius 1 is 1.36 bits per heavy atom. The van der Waals surface area contributed by atoms with E-state index < -0.39 is 18.9 Å². The first-order valence-electron chi connectivity index (χ1n) is 3.24. The van der Waals surface area contributed by atoms with Crippen molar-refractivity contribution in [3.8, 4) is 0 Å². The molecule has 0 N–H and O–H groups in total. The number of hydrogen-bond acceptors (Lipinski definition) is 1. The van der Waals surface area contributed by atoms with Gasteiger partial charge in [0.1, 0.15) is 0 Å². The zero-order chi connectivity index (χ0) is 9.07. The van der Waals surface area contributed by atoms with Crippen molar-refractivity contribution in [1.29, 1.82) is 0 Å². The first kappa shape index (κ1) is 10.7. The van der Waals surface area contributed by atoms with Crippen LogP contribution in [0.3, 0.4) is 0 Å². The molecule has 0 aliphatic heterocycles. The van der Waals surface area contributed by atoms with Crippen molar-refractivity contribution in [2.45, 2.75) is 19.3 Å². The molecule has 11 heavy (non-hydrogen) atoms. The molecular weight excluding hydrogens is 162 g/mol. The summed E-state index contributed by atoms with van der Waals surface area (Å²) in [5, 5.41) is 0. The van der Waals surface area contributed by atoms with Crippen LogP contribution in [-0.4, -0.2) is 37.4 Å². The second kappa shape index (κ2) is 3.90.